The molecule has 1 unspecified atom stereocenters. The van der Waals surface area contributed by atoms with Crippen molar-refractivity contribution in [2.45, 2.75) is 19.4 Å². The first-order chi connectivity index (χ1) is 17.8. The van der Waals surface area contributed by atoms with Gasteiger partial charge in [0.15, 0.2) is 0 Å². The number of hydrogen-bond acceptors (Lipinski definition) is 9. The molecule has 14 nitrogen and oxygen atoms in total. The summed E-state index contributed by atoms with van der Waals surface area (Å²) < 4.78 is 6.12. The quantitative estimate of drug-likeness (QED) is 0.133. The molecule has 0 saturated carbocycles. The van der Waals surface area contributed by atoms with Crippen molar-refractivity contribution in [3.8, 4) is 5.75 Å². The van der Waals surface area contributed by atoms with Crippen LogP contribution in [0.3, 0.4) is 0 Å². The topological polar surface area (TPSA) is 205 Å². The molecule has 0 saturated heterocycles. The monoisotopic (exact) mass is 605 g/mol. The van der Waals surface area contributed by atoms with Crippen molar-refractivity contribution in [1.82, 2.24) is 14.7 Å². The Balaban J connectivity index is 3.28. The number of rotatable bonds is 20. The number of carbonyl (C=O) groups is 5. The SMILES string of the molecule is CCOc1ccc(CC(CN(CCN(CC(=O)O)CC(=O)O)CC(=O)O)N(CC(=O)O)CC(=O)O)cc1Br. The van der Waals surface area contributed by atoms with Gasteiger partial charge in [-0.3, -0.25) is 38.7 Å². The molecule has 1 rings (SSSR count). The van der Waals surface area contributed by atoms with E-state index in [0.717, 1.165) is 4.90 Å². The third-order valence-corrected chi connectivity index (χ3v) is 5.86. The van der Waals surface area contributed by atoms with E-state index in [1.54, 1.807) is 18.2 Å². The first-order valence-electron chi connectivity index (χ1n) is 11.5. The number of halogens is 1. The maximum atomic E-state index is 11.6. The molecule has 1 aromatic rings. The van der Waals surface area contributed by atoms with E-state index >= 15 is 0 Å². The summed E-state index contributed by atoms with van der Waals surface area (Å²) in [5.41, 5.74) is 0.694. The molecule has 38 heavy (non-hydrogen) atoms. The highest BCUT2D eigenvalue weighted by atomic mass is 79.9. The predicted molar refractivity (Wildman–Crippen MR) is 135 cm³/mol. The molecule has 0 amide bonds. The summed E-state index contributed by atoms with van der Waals surface area (Å²) in [5, 5.41) is 46.3. The van der Waals surface area contributed by atoms with Gasteiger partial charge in [0, 0.05) is 25.7 Å². The van der Waals surface area contributed by atoms with Crippen molar-refractivity contribution < 1.29 is 54.2 Å². The van der Waals surface area contributed by atoms with Crippen LogP contribution < -0.4 is 4.74 Å². The molecule has 0 aromatic heterocycles. The number of aliphatic carboxylic acids is 5. The molecule has 0 heterocycles. The Bertz CT molecular complexity index is 959. The van der Waals surface area contributed by atoms with Crippen molar-refractivity contribution in [1.29, 1.82) is 0 Å². The molecule has 1 atom stereocenters. The molecule has 0 aliphatic heterocycles. The summed E-state index contributed by atoms with van der Waals surface area (Å²) in [6, 6.07) is 4.38. The molecule has 0 spiro atoms. The number of benzene rings is 1. The summed E-state index contributed by atoms with van der Waals surface area (Å²) in [4.78, 5) is 60.5. The number of hydrogen-bond donors (Lipinski definition) is 5. The van der Waals surface area contributed by atoms with Gasteiger partial charge >= 0.3 is 29.8 Å². The molecular weight excluding hydrogens is 574 g/mol. The van der Waals surface area contributed by atoms with Crippen LogP contribution in [-0.2, 0) is 30.4 Å². The molecule has 1 aromatic carbocycles. The van der Waals surface area contributed by atoms with Crippen LogP contribution >= 0.6 is 15.9 Å². The Hall–Kier alpha value is -3.27. The minimum absolute atomic E-state index is 0.0652. The van der Waals surface area contributed by atoms with E-state index < -0.39 is 68.6 Å². The van der Waals surface area contributed by atoms with Crippen LogP contribution in [0.25, 0.3) is 0 Å². The Labute approximate surface area is 227 Å². The van der Waals surface area contributed by atoms with Gasteiger partial charge in [0.25, 0.3) is 0 Å². The van der Waals surface area contributed by atoms with Crippen LogP contribution in [0.2, 0.25) is 0 Å². The third-order valence-electron chi connectivity index (χ3n) is 5.24. The van der Waals surface area contributed by atoms with Gasteiger partial charge in [0.2, 0.25) is 0 Å². The van der Waals surface area contributed by atoms with E-state index in [9.17, 15) is 39.3 Å². The smallest absolute Gasteiger partial charge is 0.317 e. The van der Waals surface area contributed by atoms with Crippen LogP contribution in [-0.4, -0.2) is 135 Å². The zero-order valence-corrected chi connectivity index (χ0v) is 22.4. The van der Waals surface area contributed by atoms with Gasteiger partial charge in [-0.25, -0.2) is 0 Å². The van der Waals surface area contributed by atoms with Crippen molar-refractivity contribution in [2.75, 3.05) is 59.0 Å². The maximum absolute atomic E-state index is 11.6. The fourth-order valence-electron chi connectivity index (χ4n) is 3.79. The van der Waals surface area contributed by atoms with Gasteiger partial charge in [-0.15, -0.1) is 0 Å². The fourth-order valence-corrected chi connectivity index (χ4v) is 4.33. The second-order valence-electron chi connectivity index (χ2n) is 8.38. The van der Waals surface area contributed by atoms with Gasteiger partial charge in [-0.1, -0.05) is 6.07 Å². The zero-order valence-electron chi connectivity index (χ0n) is 20.8. The summed E-state index contributed by atoms with van der Waals surface area (Å²) in [6.07, 6.45) is 0.148. The number of nitrogens with zero attached hydrogens (tertiary/aromatic N) is 3. The summed E-state index contributed by atoms with van der Waals surface area (Å²) >= 11 is 3.40. The number of ether oxygens (including phenoxy) is 1. The summed E-state index contributed by atoms with van der Waals surface area (Å²) in [5.74, 6) is -5.72. The normalized spacial score (nSPS) is 12.0. The van der Waals surface area contributed by atoms with Gasteiger partial charge in [0.05, 0.1) is 43.8 Å². The number of carboxylic acids is 5. The standard InChI is InChI=1S/C23H32BrN3O11/c1-2-38-18-4-3-15(8-17(18)24)7-16(27(13-22(34)35)14-23(36)37)9-25(10-19(28)29)5-6-26(11-20(30)31)12-21(32)33/h3-4,8,16H,2,5-7,9-14H2,1H3,(H,28,29)(H,30,31)(H,32,33)(H,34,35)(H,36,37). The van der Waals surface area contributed by atoms with E-state index in [4.69, 9.17) is 14.9 Å². The number of carboxylic acid groups (broad SMARTS) is 5. The highest BCUT2D eigenvalue weighted by Crippen LogP contribution is 2.27. The van der Waals surface area contributed by atoms with Gasteiger partial charge < -0.3 is 30.3 Å². The Kier molecular flexibility index (Phi) is 14.3. The molecular formula is C23H32BrN3O11. The van der Waals surface area contributed by atoms with Crippen molar-refractivity contribution >= 4 is 45.8 Å². The van der Waals surface area contributed by atoms with Gasteiger partial charge in [-0.05, 0) is 47.0 Å². The zero-order chi connectivity index (χ0) is 28.8. The van der Waals surface area contributed by atoms with E-state index in [0.29, 0.717) is 22.4 Å². The average molecular weight is 606 g/mol. The Morgan fingerprint density at radius 3 is 1.71 bits per heavy atom. The Morgan fingerprint density at radius 1 is 0.789 bits per heavy atom. The van der Waals surface area contributed by atoms with Crippen molar-refractivity contribution in [3.63, 3.8) is 0 Å². The molecule has 212 valence electrons. The highest BCUT2D eigenvalue weighted by Gasteiger charge is 2.27. The molecule has 5 N–H and O–H groups in total. The van der Waals surface area contributed by atoms with Crippen LogP contribution in [0.5, 0.6) is 5.75 Å². The highest BCUT2D eigenvalue weighted by molar-refractivity contribution is 9.10. The maximum Gasteiger partial charge on any atom is 0.317 e. The molecule has 0 bridgehead atoms. The molecule has 0 aliphatic carbocycles. The first kappa shape index (κ1) is 32.8. The Morgan fingerprint density at radius 2 is 1.26 bits per heavy atom. The minimum Gasteiger partial charge on any atom is -0.493 e. The molecule has 0 aliphatic rings. The lowest BCUT2D eigenvalue weighted by atomic mass is 10.0. The first-order valence-corrected chi connectivity index (χ1v) is 12.3. The van der Waals surface area contributed by atoms with Gasteiger partial charge in [-0.2, -0.15) is 0 Å². The van der Waals surface area contributed by atoms with E-state index in [2.05, 4.69) is 15.9 Å². The average Bonchev–Trinajstić information content (AvgIpc) is 2.76. The van der Waals surface area contributed by atoms with Crippen LogP contribution in [0.4, 0.5) is 0 Å². The summed E-state index contributed by atoms with van der Waals surface area (Å²) in [6.45, 7) is -0.956. The lowest BCUT2D eigenvalue weighted by molar-refractivity contribution is -0.144. The predicted octanol–water partition coefficient (Wildman–Crippen LogP) is 0.0879. The van der Waals surface area contributed by atoms with Crippen LogP contribution in [0.15, 0.2) is 22.7 Å². The van der Waals surface area contributed by atoms with E-state index in [1.165, 1.54) is 9.80 Å². The van der Waals surface area contributed by atoms with Crippen LogP contribution in [0, 0.1) is 0 Å². The van der Waals surface area contributed by atoms with Crippen LogP contribution in [0.1, 0.15) is 12.5 Å². The molecule has 0 fully saturated rings. The lowest BCUT2D eigenvalue weighted by Crippen LogP contribution is -2.51. The largest absolute Gasteiger partial charge is 0.493 e. The van der Waals surface area contributed by atoms with Crippen molar-refractivity contribution in [2.24, 2.45) is 0 Å². The fraction of sp³-hybridized carbons (Fsp3) is 0.522. The molecule has 15 heteroatoms. The third kappa shape index (κ3) is 13.3. The van der Waals surface area contributed by atoms with E-state index in [1.807, 2.05) is 6.92 Å². The second kappa shape index (κ2) is 16.5. The van der Waals surface area contributed by atoms with Gasteiger partial charge in [0.1, 0.15) is 5.75 Å². The second-order valence-corrected chi connectivity index (χ2v) is 9.23. The summed E-state index contributed by atoms with van der Waals surface area (Å²) in [7, 11) is 0. The lowest BCUT2D eigenvalue weighted by Gasteiger charge is -2.34. The van der Waals surface area contributed by atoms with Crippen molar-refractivity contribution in [3.05, 3.63) is 28.2 Å². The van der Waals surface area contributed by atoms with E-state index in [-0.39, 0.29) is 26.1 Å². The minimum atomic E-state index is -1.27. The molecule has 0 radical (unpaired) electrons.